The first-order chi connectivity index (χ1) is 9.22. The van der Waals surface area contributed by atoms with E-state index in [1.165, 1.54) is 0 Å². The summed E-state index contributed by atoms with van der Waals surface area (Å²) in [5, 5.41) is 9.12. The summed E-state index contributed by atoms with van der Waals surface area (Å²) in [6.07, 6.45) is 0. The number of H-pyrrole nitrogens is 1. The highest BCUT2D eigenvalue weighted by molar-refractivity contribution is 5.70. The summed E-state index contributed by atoms with van der Waals surface area (Å²) in [6, 6.07) is 12.0. The second-order valence-electron chi connectivity index (χ2n) is 4.46. The van der Waals surface area contributed by atoms with Crippen molar-refractivity contribution in [3.8, 4) is 11.9 Å². The normalized spacial score (nSPS) is 16.5. The first-order valence-corrected chi connectivity index (χ1v) is 5.94. The monoisotopic (exact) mass is 253 g/mol. The van der Waals surface area contributed by atoms with Crippen molar-refractivity contribution < 1.29 is 9.72 Å². The highest BCUT2D eigenvalue weighted by Crippen LogP contribution is 2.41. The molecular weight excluding hydrogens is 240 g/mol. The van der Waals surface area contributed by atoms with Gasteiger partial charge in [0.25, 0.3) is 11.7 Å². The van der Waals surface area contributed by atoms with E-state index >= 15 is 0 Å². The molecule has 5 N–H and O–H groups in total. The van der Waals surface area contributed by atoms with Crippen LogP contribution in [0.25, 0.3) is 0 Å². The minimum Gasteiger partial charge on any atom is -0.461 e. The zero-order valence-electron chi connectivity index (χ0n) is 10.2. The van der Waals surface area contributed by atoms with E-state index in [0.717, 1.165) is 11.1 Å². The number of fused-ring (bicyclic) bond motifs is 1. The van der Waals surface area contributed by atoms with E-state index in [4.69, 9.17) is 21.5 Å². The fourth-order valence-corrected chi connectivity index (χ4v) is 2.43. The maximum atomic E-state index is 9.12. The number of aromatic amines is 1. The number of nitrogens with zero attached hydrogens (tertiary/aromatic N) is 1. The van der Waals surface area contributed by atoms with Gasteiger partial charge in [0, 0.05) is 0 Å². The number of ether oxygens (including phenoxy) is 1. The molecule has 2 aromatic rings. The molecule has 1 aromatic carbocycles. The van der Waals surface area contributed by atoms with E-state index in [1.807, 2.05) is 36.4 Å². The van der Waals surface area contributed by atoms with E-state index in [-0.39, 0.29) is 17.3 Å². The molecule has 0 bridgehead atoms. The summed E-state index contributed by atoms with van der Waals surface area (Å²) in [7, 11) is 0. The fraction of sp³-hybridized carbons (Fsp3) is 0.143. The first-order valence-electron chi connectivity index (χ1n) is 5.94. The third-order valence-corrected chi connectivity index (χ3v) is 3.38. The van der Waals surface area contributed by atoms with Crippen molar-refractivity contribution in [1.82, 2.24) is 0 Å². The van der Waals surface area contributed by atoms with Crippen molar-refractivity contribution >= 4 is 11.5 Å². The maximum absolute atomic E-state index is 9.12. The van der Waals surface area contributed by atoms with Gasteiger partial charge < -0.3 is 10.5 Å². The molecule has 0 saturated carbocycles. The largest absolute Gasteiger partial charge is 0.461 e. The molecule has 19 heavy (non-hydrogen) atoms. The number of hydrogen-bond donors (Lipinski definition) is 2. The molecule has 94 valence electrons. The number of nitrogens with one attached hydrogen (secondary N) is 1. The number of hydrogen-bond acceptors (Lipinski definition) is 4. The number of aromatic nitrogens is 1. The molecule has 5 nitrogen and oxygen atoms in total. The van der Waals surface area contributed by atoms with E-state index < -0.39 is 0 Å². The van der Waals surface area contributed by atoms with Crippen molar-refractivity contribution in [2.45, 2.75) is 5.92 Å². The van der Waals surface area contributed by atoms with Crippen molar-refractivity contribution in [2.24, 2.45) is 0 Å². The zero-order chi connectivity index (χ0) is 13.4. The number of rotatable bonds is 1. The van der Waals surface area contributed by atoms with Crippen molar-refractivity contribution in [1.29, 1.82) is 5.26 Å². The Morgan fingerprint density at radius 1 is 1.26 bits per heavy atom. The topological polar surface area (TPSA) is 99.2 Å². The lowest BCUT2D eigenvalue weighted by molar-refractivity contribution is -0.375. The van der Waals surface area contributed by atoms with Gasteiger partial charge in [-0.3, -0.25) is 5.73 Å². The van der Waals surface area contributed by atoms with Gasteiger partial charge in [0.15, 0.2) is 5.56 Å². The van der Waals surface area contributed by atoms with Gasteiger partial charge in [-0.2, -0.15) is 5.26 Å². The summed E-state index contributed by atoms with van der Waals surface area (Å²) in [6.45, 7) is 0.494. The lowest BCUT2D eigenvalue weighted by Crippen LogP contribution is -2.17. The Labute approximate surface area is 110 Å². The van der Waals surface area contributed by atoms with Crippen LogP contribution in [0, 0.1) is 11.3 Å². The highest BCUT2D eigenvalue weighted by Gasteiger charge is 2.34. The minimum atomic E-state index is 0.0279. The van der Waals surface area contributed by atoms with Gasteiger partial charge in [-0.05, 0) is 5.56 Å². The molecule has 0 amide bonds. The summed E-state index contributed by atoms with van der Waals surface area (Å²) in [5.74, 6) is 0.829. The Morgan fingerprint density at radius 2 is 2.00 bits per heavy atom. The van der Waals surface area contributed by atoms with Crippen LogP contribution < -0.4 is 21.2 Å². The number of nitrogens with two attached hydrogens (primary N) is 2. The van der Waals surface area contributed by atoms with Crippen molar-refractivity contribution in [3.05, 3.63) is 47.0 Å². The molecule has 5 heteroatoms. The number of nitrogen functional groups attached to an aromatic ring is 2. The summed E-state index contributed by atoms with van der Waals surface area (Å²) >= 11 is 0. The van der Waals surface area contributed by atoms with E-state index in [9.17, 15) is 0 Å². The second-order valence-corrected chi connectivity index (χ2v) is 4.46. The smallest absolute Gasteiger partial charge is 0.293 e. The van der Waals surface area contributed by atoms with Crippen LogP contribution in [0.1, 0.15) is 22.6 Å². The van der Waals surface area contributed by atoms with Crippen LogP contribution in [0.15, 0.2) is 30.3 Å². The van der Waals surface area contributed by atoms with Crippen LogP contribution in [-0.4, -0.2) is 6.61 Å². The second kappa shape index (κ2) is 4.18. The third kappa shape index (κ3) is 1.66. The molecule has 1 atom stereocenters. The van der Waals surface area contributed by atoms with E-state index in [2.05, 4.69) is 4.98 Å². The minimum absolute atomic E-state index is 0.0279. The molecule has 0 fully saturated rings. The molecule has 0 unspecified atom stereocenters. The van der Waals surface area contributed by atoms with Crippen LogP contribution in [0.2, 0.25) is 0 Å². The molecule has 1 aliphatic heterocycles. The van der Waals surface area contributed by atoms with Crippen molar-refractivity contribution in [3.63, 3.8) is 0 Å². The Hall–Kier alpha value is -2.74. The number of benzene rings is 1. The molecule has 1 aliphatic rings. The van der Waals surface area contributed by atoms with Gasteiger partial charge in [0.1, 0.15) is 12.7 Å². The van der Waals surface area contributed by atoms with Gasteiger partial charge in [-0.25, -0.2) is 4.98 Å². The SMILES string of the molecule is N#Cc1c(N)[nH+]c2c(c1N)[C@@H](c1ccccc1)CO2. The molecule has 3 rings (SSSR count). The predicted molar refractivity (Wildman–Crippen MR) is 70.3 cm³/mol. The van der Waals surface area contributed by atoms with Crippen LogP contribution >= 0.6 is 0 Å². The molecule has 0 radical (unpaired) electrons. The van der Waals surface area contributed by atoms with Crippen LogP contribution in [0.3, 0.4) is 0 Å². The maximum Gasteiger partial charge on any atom is 0.293 e. The number of nitriles is 1. The molecule has 0 spiro atoms. The van der Waals surface area contributed by atoms with E-state index in [1.54, 1.807) is 0 Å². The summed E-state index contributed by atoms with van der Waals surface area (Å²) in [5.41, 5.74) is 14.4. The average Bonchev–Trinajstić information content (AvgIpc) is 2.84. The lowest BCUT2D eigenvalue weighted by atomic mass is 9.92. The van der Waals surface area contributed by atoms with Gasteiger partial charge in [0.05, 0.1) is 17.2 Å². The first kappa shape index (κ1) is 11.4. The van der Waals surface area contributed by atoms with Crippen molar-refractivity contribution in [2.75, 3.05) is 18.1 Å². The molecule has 0 aliphatic carbocycles. The van der Waals surface area contributed by atoms with Crippen LogP contribution in [-0.2, 0) is 0 Å². The highest BCUT2D eigenvalue weighted by atomic mass is 16.5. The predicted octanol–water partition coefficient (Wildman–Crippen LogP) is 1.06. The van der Waals surface area contributed by atoms with Crippen LogP contribution in [0.4, 0.5) is 11.5 Å². The van der Waals surface area contributed by atoms with Gasteiger partial charge in [-0.15, -0.1) is 0 Å². The lowest BCUT2D eigenvalue weighted by Gasteiger charge is -2.10. The molecule has 2 heterocycles. The molecule has 0 saturated heterocycles. The van der Waals surface area contributed by atoms with Gasteiger partial charge in [-0.1, -0.05) is 30.3 Å². The fourth-order valence-electron chi connectivity index (χ4n) is 2.43. The standard InChI is InChI=1S/C14H12N4O/c15-6-9-12(16)11-10(8-4-2-1-3-5-8)7-19-14(11)18-13(9)17/h1-5,10H,7H2,(H4,16,17,18)/p+1/t10-/m1/s1. The molecular formula is C14H13N4O+. The molecule has 1 aromatic heterocycles. The summed E-state index contributed by atoms with van der Waals surface area (Å²) in [4.78, 5) is 2.90. The van der Waals surface area contributed by atoms with Gasteiger partial charge in [0.2, 0.25) is 0 Å². The number of pyridine rings is 1. The Morgan fingerprint density at radius 3 is 2.68 bits per heavy atom. The van der Waals surface area contributed by atoms with Crippen LogP contribution in [0.5, 0.6) is 5.88 Å². The summed E-state index contributed by atoms with van der Waals surface area (Å²) < 4.78 is 5.60. The zero-order valence-corrected chi connectivity index (χ0v) is 10.2. The number of anilines is 2. The Bertz CT molecular complexity index is 676. The van der Waals surface area contributed by atoms with E-state index in [0.29, 0.717) is 18.2 Å². The Kier molecular flexibility index (Phi) is 2.50. The Balaban J connectivity index is 2.18. The quantitative estimate of drug-likeness (QED) is 0.793. The average molecular weight is 253 g/mol. The van der Waals surface area contributed by atoms with Gasteiger partial charge >= 0.3 is 0 Å². The third-order valence-electron chi connectivity index (χ3n) is 3.38.